The third kappa shape index (κ3) is 3.91. The van der Waals surface area contributed by atoms with E-state index in [1.165, 1.54) is 12.1 Å². The third-order valence-electron chi connectivity index (χ3n) is 4.71. The number of piperazine rings is 1. The normalized spacial score (nSPS) is 17.5. The molecule has 3 rings (SSSR count). The van der Waals surface area contributed by atoms with Gasteiger partial charge in [-0.3, -0.25) is 14.9 Å². The number of hydrogen-bond donors (Lipinski definition) is 0. The molecule has 2 heterocycles. The van der Waals surface area contributed by atoms with Crippen LogP contribution in [0.15, 0.2) is 30.3 Å². The van der Waals surface area contributed by atoms with Crippen molar-refractivity contribution in [1.82, 2.24) is 9.88 Å². The lowest BCUT2D eigenvalue weighted by Gasteiger charge is -2.41. The van der Waals surface area contributed by atoms with Gasteiger partial charge in [-0.05, 0) is 31.0 Å². The van der Waals surface area contributed by atoms with Gasteiger partial charge in [0.1, 0.15) is 5.82 Å². The Morgan fingerprint density at radius 2 is 2.19 bits per heavy atom. The number of aromatic nitrogens is 1. The molecule has 1 aromatic carbocycles. The first-order valence-electron chi connectivity index (χ1n) is 8.62. The van der Waals surface area contributed by atoms with E-state index in [9.17, 15) is 14.9 Å². The van der Waals surface area contributed by atoms with Gasteiger partial charge in [-0.15, -0.1) is 0 Å². The van der Waals surface area contributed by atoms with Crippen molar-refractivity contribution in [2.24, 2.45) is 0 Å². The maximum atomic E-state index is 11.2. The van der Waals surface area contributed by atoms with Crippen molar-refractivity contribution in [3.05, 3.63) is 40.4 Å². The average Bonchev–Trinajstić information content (AvgIpc) is 2.67. The van der Waals surface area contributed by atoms with Crippen LogP contribution in [0.25, 0.3) is 10.9 Å². The Balaban J connectivity index is 1.85. The van der Waals surface area contributed by atoms with Crippen molar-refractivity contribution in [1.29, 1.82) is 0 Å². The van der Waals surface area contributed by atoms with E-state index in [-0.39, 0.29) is 11.7 Å². The van der Waals surface area contributed by atoms with Gasteiger partial charge in [-0.2, -0.15) is 0 Å². The minimum Gasteiger partial charge on any atom is -0.385 e. The summed E-state index contributed by atoms with van der Waals surface area (Å²) in [5.41, 5.74) is 0.783. The van der Waals surface area contributed by atoms with Gasteiger partial charge in [-0.1, -0.05) is 0 Å². The van der Waals surface area contributed by atoms with Gasteiger partial charge in [0.25, 0.3) is 5.69 Å². The van der Waals surface area contributed by atoms with Crippen LogP contribution in [-0.2, 0) is 9.53 Å². The van der Waals surface area contributed by atoms with E-state index in [1.807, 2.05) is 12.1 Å². The molecule has 8 heteroatoms. The lowest BCUT2D eigenvalue weighted by atomic mass is 10.1. The fourth-order valence-corrected chi connectivity index (χ4v) is 3.36. The van der Waals surface area contributed by atoms with E-state index in [0.29, 0.717) is 26.2 Å². The molecule has 0 aliphatic carbocycles. The fraction of sp³-hybridized carbons (Fsp3) is 0.444. The maximum absolute atomic E-state index is 11.2. The summed E-state index contributed by atoms with van der Waals surface area (Å²) >= 11 is 0. The number of amides is 1. The van der Waals surface area contributed by atoms with Crippen molar-refractivity contribution >= 4 is 28.8 Å². The van der Waals surface area contributed by atoms with E-state index < -0.39 is 4.92 Å². The van der Waals surface area contributed by atoms with Gasteiger partial charge in [-0.25, -0.2) is 4.98 Å². The molecule has 1 aliphatic heterocycles. The van der Waals surface area contributed by atoms with Crippen molar-refractivity contribution in [2.75, 3.05) is 38.3 Å². The van der Waals surface area contributed by atoms with Gasteiger partial charge in [0.05, 0.1) is 10.4 Å². The van der Waals surface area contributed by atoms with Gasteiger partial charge in [0, 0.05) is 56.9 Å². The minimum atomic E-state index is -0.405. The summed E-state index contributed by atoms with van der Waals surface area (Å²) in [6.07, 6.45) is 2.70. The van der Waals surface area contributed by atoms with Crippen LogP contribution in [-0.4, -0.2) is 60.6 Å². The monoisotopic (exact) mass is 358 g/mol. The summed E-state index contributed by atoms with van der Waals surface area (Å²) < 4.78 is 5.14. The second-order valence-corrected chi connectivity index (χ2v) is 6.39. The van der Waals surface area contributed by atoms with Crippen molar-refractivity contribution in [3.8, 4) is 0 Å². The fourth-order valence-electron chi connectivity index (χ4n) is 3.36. The zero-order valence-electron chi connectivity index (χ0n) is 14.7. The summed E-state index contributed by atoms with van der Waals surface area (Å²) in [5, 5.41) is 11.7. The summed E-state index contributed by atoms with van der Waals surface area (Å²) in [6, 6.07) is 8.62. The number of nitrogens with zero attached hydrogens (tertiary/aromatic N) is 4. The summed E-state index contributed by atoms with van der Waals surface area (Å²) in [5.74, 6) is 0.833. The molecule has 1 aromatic heterocycles. The zero-order valence-corrected chi connectivity index (χ0v) is 14.7. The van der Waals surface area contributed by atoms with Crippen LogP contribution in [0.1, 0.15) is 12.8 Å². The topological polar surface area (TPSA) is 88.8 Å². The predicted octanol–water partition coefficient (Wildman–Crippen LogP) is 2.22. The lowest BCUT2D eigenvalue weighted by Crippen LogP contribution is -2.53. The number of anilines is 1. The summed E-state index contributed by atoms with van der Waals surface area (Å²) in [6.45, 7) is 2.71. The number of carbonyl (C=O) groups excluding carboxylic acids is 1. The highest BCUT2D eigenvalue weighted by molar-refractivity contribution is 5.82. The number of carbonyl (C=O) groups is 1. The molecule has 1 amide bonds. The molecule has 8 nitrogen and oxygen atoms in total. The number of rotatable bonds is 7. The molecule has 0 radical (unpaired) electrons. The smallest absolute Gasteiger partial charge is 0.270 e. The highest BCUT2D eigenvalue weighted by Gasteiger charge is 2.27. The van der Waals surface area contributed by atoms with Gasteiger partial charge >= 0.3 is 0 Å². The Hall–Kier alpha value is -2.74. The molecule has 0 spiro atoms. The molecule has 1 aliphatic rings. The van der Waals surface area contributed by atoms with E-state index in [2.05, 4.69) is 4.90 Å². The number of pyridine rings is 1. The van der Waals surface area contributed by atoms with Gasteiger partial charge < -0.3 is 14.5 Å². The first kappa shape index (κ1) is 18.1. The van der Waals surface area contributed by atoms with Gasteiger partial charge in [0.15, 0.2) is 0 Å². The largest absolute Gasteiger partial charge is 0.385 e. The highest BCUT2D eigenvalue weighted by atomic mass is 16.6. The second kappa shape index (κ2) is 8.09. The van der Waals surface area contributed by atoms with Crippen LogP contribution in [0.2, 0.25) is 0 Å². The molecular weight excluding hydrogens is 336 g/mol. The Kier molecular flexibility index (Phi) is 5.62. The van der Waals surface area contributed by atoms with E-state index in [4.69, 9.17) is 9.72 Å². The molecule has 26 heavy (non-hydrogen) atoms. The molecule has 0 N–H and O–H groups in total. The van der Waals surface area contributed by atoms with Crippen LogP contribution in [0, 0.1) is 10.1 Å². The molecule has 1 saturated heterocycles. The first-order valence-corrected chi connectivity index (χ1v) is 8.62. The van der Waals surface area contributed by atoms with Crippen molar-refractivity contribution in [3.63, 3.8) is 0 Å². The quantitative estimate of drug-likeness (QED) is 0.326. The number of methoxy groups -OCH3 is 1. The number of non-ortho nitro benzene ring substituents is 1. The predicted molar refractivity (Wildman–Crippen MR) is 98.3 cm³/mol. The standard InChI is InChI=1S/C18H22N4O4/c1-26-10-2-3-16-12-20(13-23)8-9-21(16)18-7-4-14-11-15(22(24)25)5-6-17(14)19-18/h4-7,11,13,16H,2-3,8-10,12H2,1H3/t16-/m0/s1. The number of benzene rings is 1. The van der Waals surface area contributed by atoms with Crippen LogP contribution in [0.3, 0.4) is 0 Å². The third-order valence-corrected chi connectivity index (χ3v) is 4.71. The molecule has 2 aromatic rings. The Morgan fingerprint density at radius 1 is 1.35 bits per heavy atom. The molecule has 1 atom stereocenters. The molecule has 0 saturated carbocycles. The van der Waals surface area contributed by atoms with Crippen LogP contribution in [0.5, 0.6) is 0 Å². The molecule has 0 unspecified atom stereocenters. The highest BCUT2D eigenvalue weighted by Crippen LogP contribution is 2.26. The number of fused-ring (bicyclic) bond motifs is 1. The van der Waals surface area contributed by atoms with Crippen LogP contribution in [0.4, 0.5) is 11.5 Å². The summed E-state index contributed by atoms with van der Waals surface area (Å²) in [4.78, 5) is 30.4. The molecule has 0 bridgehead atoms. The number of nitro groups is 1. The SMILES string of the molecule is COCCC[C@H]1CN(C=O)CCN1c1ccc2cc([N+](=O)[O-])ccc2n1. The number of nitro benzene ring substituents is 1. The van der Waals surface area contributed by atoms with Gasteiger partial charge in [0.2, 0.25) is 6.41 Å². The van der Waals surface area contributed by atoms with Crippen LogP contribution >= 0.6 is 0 Å². The first-order chi connectivity index (χ1) is 12.6. The Bertz CT molecular complexity index is 798. The molecular formula is C18H22N4O4. The van der Waals surface area contributed by atoms with E-state index in [0.717, 1.165) is 36.0 Å². The molecule has 138 valence electrons. The lowest BCUT2D eigenvalue weighted by molar-refractivity contribution is -0.384. The summed E-state index contributed by atoms with van der Waals surface area (Å²) in [7, 11) is 1.68. The Morgan fingerprint density at radius 3 is 2.92 bits per heavy atom. The zero-order chi connectivity index (χ0) is 18.5. The number of hydrogen-bond acceptors (Lipinski definition) is 6. The molecule has 1 fully saturated rings. The van der Waals surface area contributed by atoms with Crippen LogP contribution < -0.4 is 4.90 Å². The Labute approximate surface area is 151 Å². The second-order valence-electron chi connectivity index (χ2n) is 6.39. The maximum Gasteiger partial charge on any atom is 0.270 e. The minimum absolute atomic E-state index is 0.0593. The van der Waals surface area contributed by atoms with E-state index >= 15 is 0 Å². The van der Waals surface area contributed by atoms with Crippen molar-refractivity contribution < 1.29 is 14.5 Å². The van der Waals surface area contributed by atoms with Crippen molar-refractivity contribution in [2.45, 2.75) is 18.9 Å². The average molecular weight is 358 g/mol. The number of ether oxygens (including phenoxy) is 1. The van der Waals surface area contributed by atoms with E-state index in [1.54, 1.807) is 18.1 Å².